The summed E-state index contributed by atoms with van der Waals surface area (Å²) in [7, 11) is 0. The van der Waals surface area contributed by atoms with E-state index in [4.69, 9.17) is 4.74 Å². The predicted molar refractivity (Wildman–Crippen MR) is 79.6 cm³/mol. The lowest BCUT2D eigenvalue weighted by Crippen LogP contribution is -2.34. The molecule has 0 atom stereocenters. The molecule has 120 valence electrons. The van der Waals surface area contributed by atoms with Crippen LogP contribution in [0.4, 0.5) is 4.39 Å². The Balaban J connectivity index is 1.68. The molecule has 0 radical (unpaired) electrons. The second-order valence-electron chi connectivity index (χ2n) is 4.26. The minimum atomic E-state index is -0.784. The monoisotopic (exact) mass is 337 g/mol. The highest BCUT2D eigenvalue weighted by atomic mass is 32.1. The van der Waals surface area contributed by atoms with Crippen molar-refractivity contribution >= 4 is 29.1 Å². The highest BCUT2D eigenvalue weighted by Crippen LogP contribution is 2.11. The number of rotatable bonds is 6. The van der Waals surface area contributed by atoms with E-state index in [2.05, 4.69) is 10.1 Å². The molecule has 0 aliphatic carbocycles. The highest BCUT2D eigenvalue weighted by molar-refractivity contribution is 7.12. The number of nitrogens with one attached hydrogen (secondary N) is 1. The third-order valence-corrected chi connectivity index (χ3v) is 3.40. The number of benzene rings is 1. The van der Waals surface area contributed by atoms with Crippen LogP contribution in [0.5, 0.6) is 5.75 Å². The first-order chi connectivity index (χ1) is 11.0. The van der Waals surface area contributed by atoms with Crippen LogP contribution in [-0.2, 0) is 14.3 Å². The molecule has 2 amide bonds. The van der Waals surface area contributed by atoms with E-state index in [0.717, 1.165) is 0 Å². The van der Waals surface area contributed by atoms with E-state index >= 15 is 0 Å². The van der Waals surface area contributed by atoms with Crippen LogP contribution in [0.15, 0.2) is 41.8 Å². The van der Waals surface area contributed by atoms with Crippen LogP contribution < -0.4 is 10.1 Å². The van der Waals surface area contributed by atoms with Crippen LogP contribution in [0.3, 0.4) is 0 Å². The second-order valence-corrected chi connectivity index (χ2v) is 5.21. The first kappa shape index (κ1) is 16.6. The van der Waals surface area contributed by atoms with Gasteiger partial charge in [0, 0.05) is 0 Å². The fraction of sp³-hybridized carbons (Fsp3) is 0.133. The molecule has 0 bridgehead atoms. The van der Waals surface area contributed by atoms with Gasteiger partial charge in [-0.05, 0) is 35.7 Å². The minimum Gasteiger partial charge on any atom is -0.482 e. The van der Waals surface area contributed by atoms with Crippen molar-refractivity contribution in [2.75, 3.05) is 13.2 Å². The van der Waals surface area contributed by atoms with Crippen LogP contribution in [0.1, 0.15) is 9.67 Å². The Kier molecular flexibility index (Phi) is 5.81. The number of imide groups is 1. The molecule has 6 nitrogen and oxygen atoms in total. The maximum absolute atomic E-state index is 12.7. The molecular formula is C15H12FNO5S. The molecule has 1 heterocycles. The third-order valence-electron chi connectivity index (χ3n) is 2.53. The molecule has 0 aliphatic rings. The lowest BCUT2D eigenvalue weighted by molar-refractivity contribution is -0.150. The molecular weight excluding hydrogens is 325 g/mol. The lowest BCUT2D eigenvalue weighted by atomic mass is 10.3. The number of halogens is 1. The average Bonchev–Trinajstić information content (AvgIpc) is 3.07. The lowest BCUT2D eigenvalue weighted by Gasteiger charge is -2.07. The molecule has 1 aromatic heterocycles. The van der Waals surface area contributed by atoms with Gasteiger partial charge >= 0.3 is 5.97 Å². The smallest absolute Gasteiger partial charge is 0.344 e. The van der Waals surface area contributed by atoms with Crippen molar-refractivity contribution in [1.82, 2.24) is 5.32 Å². The summed E-state index contributed by atoms with van der Waals surface area (Å²) in [6.07, 6.45) is 0. The molecule has 0 aliphatic heterocycles. The zero-order valence-corrected chi connectivity index (χ0v) is 12.6. The Bertz CT molecular complexity index is 684. The Morgan fingerprint density at radius 2 is 1.83 bits per heavy atom. The number of carbonyl (C=O) groups excluding carboxylic acids is 3. The summed E-state index contributed by atoms with van der Waals surface area (Å²) in [5, 5.41) is 3.79. The Morgan fingerprint density at radius 1 is 1.09 bits per heavy atom. The summed E-state index contributed by atoms with van der Waals surface area (Å²) in [5.74, 6) is -2.21. The molecule has 0 fully saturated rings. The van der Waals surface area contributed by atoms with Crippen molar-refractivity contribution in [2.24, 2.45) is 0 Å². The molecule has 2 aromatic rings. The van der Waals surface area contributed by atoms with E-state index in [-0.39, 0.29) is 0 Å². The van der Waals surface area contributed by atoms with Crippen molar-refractivity contribution in [1.29, 1.82) is 0 Å². The summed E-state index contributed by atoms with van der Waals surface area (Å²) in [5.41, 5.74) is 0. The van der Waals surface area contributed by atoms with Gasteiger partial charge in [0.05, 0.1) is 4.88 Å². The molecule has 0 spiro atoms. The van der Waals surface area contributed by atoms with E-state index in [1.807, 2.05) is 0 Å². The standard InChI is InChI=1S/C15H12FNO5S/c16-10-3-5-11(6-4-10)21-9-14(19)22-8-13(18)17-15(20)12-2-1-7-23-12/h1-7H,8-9H2,(H,17,18,20). The summed E-state index contributed by atoms with van der Waals surface area (Å²) in [6, 6.07) is 8.32. The van der Waals surface area contributed by atoms with E-state index in [1.54, 1.807) is 17.5 Å². The maximum Gasteiger partial charge on any atom is 0.344 e. The minimum absolute atomic E-state index is 0.292. The van der Waals surface area contributed by atoms with Crippen molar-refractivity contribution in [3.63, 3.8) is 0 Å². The van der Waals surface area contributed by atoms with Crippen LogP contribution in [-0.4, -0.2) is 31.0 Å². The van der Waals surface area contributed by atoms with Gasteiger partial charge in [0.25, 0.3) is 11.8 Å². The summed E-state index contributed by atoms with van der Waals surface area (Å²) < 4.78 is 22.4. The fourth-order valence-electron chi connectivity index (χ4n) is 1.49. The largest absolute Gasteiger partial charge is 0.482 e. The molecule has 2 rings (SSSR count). The van der Waals surface area contributed by atoms with Crippen LogP contribution >= 0.6 is 11.3 Å². The highest BCUT2D eigenvalue weighted by Gasteiger charge is 2.13. The SMILES string of the molecule is O=C(COC(=O)COc1ccc(F)cc1)NC(=O)c1cccs1. The van der Waals surface area contributed by atoms with Gasteiger partial charge in [-0.1, -0.05) is 6.07 Å². The molecule has 1 aromatic carbocycles. The van der Waals surface area contributed by atoms with Crippen LogP contribution in [0.25, 0.3) is 0 Å². The van der Waals surface area contributed by atoms with Gasteiger partial charge in [0.15, 0.2) is 13.2 Å². The zero-order valence-electron chi connectivity index (χ0n) is 11.8. The van der Waals surface area contributed by atoms with Gasteiger partial charge in [-0.25, -0.2) is 9.18 Å². The number of thiophene rings is 1. The maximum atomic E-state index is 12.7. The van der Waals surface area contributed by atoms with Gasteiger partial charge in [0.1, 0.15) is 11.6 Å². The summed E-state index contributed by atoms with van der Waals surface area (Å²) >= 11 is 1.19. The zero-order chi connectivity index (χ0) is 16.7. The molecule has 0 saturated heterocycles. The number of ether oxygens (including phenoxy) is 2. The van der Waals surface area contributed by atoms with Crippen molar-refractivity contribution in [3.8, 4) is 5.75 Å². The van der Waals surface area contributed by atoms with Gasteiger partial charge in [-0.2, -0.15) is 0 Å². The number of hydrogen-bond acceptors (Lipinski definition) is 6. The molecule has 1 N–H and O–H groups in total. The Morgan fingerprint density at radius 3 is 2.48 bits per heavy atom. The van der Waals surface area contributed by atoms with E-state index < -0.39 is 36.8 Å². The number of amides is 2. The molecule has 23 heavy (non-hydrogen) atoms. The second kappa shape index (κ2) is 8.04. The predicted octanol–water partition coefficient (Wildman–Crippen LogP) is 1.77. The van der Waals surface area contributed by atoms with Crippen molar-refractivity contribution in [3.05, 3.63) is 52.5 Å². The van der Waals surface area contributed by atoms with E-state index in [0.29, 0.717) is 10.6 Å². The topological polar surface area (TPSA) is 81.7 Å². The first-order valence-electron chi connectivity index (χ1n) is 6.46. The van der Waals surface area contributed by atoms with Crippen LogP contribution in [0.2, 0.25) is 0 Å². The fourth-order valence-corrected chi connectivity index (χ4v) is 2.11. The normalized spacial score (nSPS) is 9.96. The number of carbonyl (C=O) groups is 3. The van der Waals surface area contributed by atoms with Crippen molar-refractivity contribution < 1.29 is 28.2 Å². The summed E-state index contributed by atoms with van der Waals surface area (Å²) in [6.45, 7) is -1.03. The van der Waals surface area contributed by atoms with E-state index in [1.165, 1.54) is 35.6 Å². The first-order valence-corrected chi connectivity index (χ1v) is 7.34. The van der Waals surface area contributed by atoms with Crippen LogP contribution in [0, 0.1) is 5.82 Å². The van der Waals surface area contributed by atoms with Gasteiger partial charge in [-0.15, -0.1) is 11.3 Å². The Hall–Kier alpha value is -2.74. The molecule has 8 heteroatoms. The van der Waals surface area contributed by atoms with E-state index in [9.17, 15) is 18.8 Å². The summed E-state index contributed by atoms with van der Waals surface area (Å²) in [4.78, 5) is 34.9. The average molecular weight is 337 g/mol. The van der Waals surface area contributed by atoms with Crippen molar-refractivity contribution in [2.45, 2.75) is 0 Å². The van der Waals surface area contributed by atoms with Gasteiger partial charge in [-0.3, -0.25) is 14.9 Å². The van der Waals surface area contributed by atoms with Gasteiger partial charge < -0.3 is 9.47 Å². The molecule has 0 unspecified atom stereocenters. The number of esters is 1. The Labute approximate surface area is 134 Å². The van der Waals surface area contributed by atoms with Gasteiger partial charge in [0.2, 0.25) is 0 Å². The molecule has 0 saturated carbocycles. The number of hydrogen-bond donors (Lipinski definition) is 1. The third kappa shape index (κ3) is 5.51. The quantitative estimate of drug-likeness (QED) is 0.813.